The van der Waals surface area contributed by atoms with E-state index in [4.69, 9.17) is 5.21 Å². The number of nitrogens with one attached hydrogen (secondary N) is 2. The first kappa shape index (κ1) is 22.9. The largest absolute Gasteiger partial charge is 0.411 e. The molecule has 0 aromatic carbocycles. The molecule has 13 nitrogen and oxygen atoms in total. The molecular formula is C16H17N5O8. The quantitative estimate of drug-likeness (QED) is 0.159. The van der Waals surface area contributed by atoms with Crippen molar-refractivity contribution in [1.82, 2.24) is 19.1 Å². The summed E-state index contributed by atoms with van der Waals surface area (Å²) in [5.41, 5.74) is -3.31. The number of aromatic amines is 2. The third kappa shape index (κ3) is 6.20. The smallest absolute Gasteiger partial charge is 0.317 e. The number of carbonyl (C=O) groups is 3. The number of ketones is 2. The molecule has 0 radical (unpaired) electrons. The van der Waals surface area contributed by atoms with Crippen molar-refractivity contribution in [1.29, 1.82) is 0 Å². The number of hydrogen-bond donors (Lipinski definition) is 3. The molecule has 0 bridgehead atoms. The monoisotopic (exact) mass is 407 g/mol. The summed E-state index contributed by atoms with van der Waals surface area (Å²) >= 11 is 0. The van der Waals surface area contributed by atoms with Crippen LogP contribution in [0.15, 0.2) is 36.7 Å². The van der Waals surface area contributed by atoms with Crippen molar-refractivity contribution in [3.8, 4) is 0 Å². The second-order valence-corrected chi connectivity index (χ2v) is 5.63. The lowest BCUT2D eigenvalue weighted by Gasteiger charge is -2.05. The van der Waals surface area contributed by atoms with Crippen molar-refractivity contribution < 1.29 is 19.6 Å². The molecule has 0 amide bonds. The normalized spacial score (nSPS) is 10.3. The maximum Gasteiger partial charge on any atom is 0.317 e. The van der Waals surface area contributed by atoms with Crippen LogP contribution in [-0.2, 0) is 22.7 Å². The molecule has 0 unspecified atom stereocenters. The maximum absolute atomic E-state index is 11.3. The number of rotatable bonds is 6. The van der Waals surface area contributed by atoms with Crippen molar-refractivity contribution in [2.75, 3.05) is 0 Å². The summed E-state index contributed by atoms with van der Waals surface area (Å²) in [6.07, 6.45) is 3.65. The van der Waals surface area contributed by atoms with Crippen LogP contribution in [0.25, 0.3) is 0 Å². The van der Waals surface area contributed by atoms with E-state index in [-0.39, 0.29) is 36.0 Å². The molecule has 154 valence electrons. The Labute approximate surface area is 160 Å². The Morgan fingerprint density at radius 3 is 1.72 bits per heavy atom. The summed E-state index contributed by atoms with van der Waals surface area (Å²) in [6.45, 7) is 2.05. The Kier molecular flexibility index (Phi) is 8.08. The van der Waals surface area contributed by atoms with Crippen LogP contribution < -0.4 is 22.2 Å². The topological polar surface area (TPSA) is 194 Å². The van der Waals surface area contributed by atoms with Gasteiger partial charge in [0, 0.05) is 12.4 Å². The molecule has 0 atom stereocenters. The van der Waals surface area contributed by atoms with Gasteiger partial charge >= 0.3 is 22.2 Å². The highest BCUT2D eigenvalue weighted by Gasteiger charge is 2.08. The van der Waals surface area contributed by atoms with Crippen LogP contribution in [0.4, 0.5) is 0 Å². The molecular weight excluding hydrogens is 390 g/mol. The molecule has 0 aliphatic rings. The van der Waals surface area contributed by atoms with Crippen LogP contribution in [0.2, 0.25) is 0 Å². The van der Waals surface area contributed by atoms with Gasteiger partial charge in [0.1, 0.15) is 17.3 Å². The minimum Gasteiger partial charge on any atom is -0.411 e. The van der Waals surface area contributed by atoms with Gasteiger partial charge in [-0.3, -0.25) is 42.7 Å². The Balaban J connectivity index is 0.000000291. The van der Waals surface area contributed by atoms with E-state index in [2.05, 4.69) is 15.1 Å². The second-order valence-electron chi connectivity index (χ2n) is 5.63. The van der Waals surface area contributed by atoms with Gasteiger partial charge in [-0.25, -0.2) is 0 Å². The fraction of sp³-hybridized carbons (Fsp3) is 0.250. The van der Waals surface area contributed by atoms with E-state index >= 15 is 0 Å². The molecule has 13 heteroatoms. The Morgan fingerprint density at radius 1 is 0.931 bits per heavy atom. The first-order chi connectivity index (χ1) is 13.6. The first-order valence-electron chi connectivity index (χ1n) is 7.88. The molecule has 0 saturated carbocycles. The third-order valence-electron chi connectivity index (χ3n) is 3.28. The highest BCUT2D eigenvalue weighted by Crippen LogP contribution is 1.89. The SMILES string of the molecule is CC(=O)Cn1c(/C=N/O)c[nH]c(=O)c1=O.CC(=O)Cn1c(C=O)c[nH]c(=O)c1=O. The van der Waals surface area contributed by atoms with Crippen LogP contribution in [0, 0.1) is 0 Å². The summed E-state index contributed by atoms with van der Waals surface area (Å²) in [5.74, 6) is -0.587. The Hall–Kier alpha value is -4.16. The number of carbonyl (C=O) groups excluding carboxylic acids is 3. The fourth-order valence-corrected chi connectivity index (χ4v) is 2.07. The molecule has 2 aromatic rings. The van der Waals surface area contributed by atoms with E-state index in [1.807, 2.05) is 0 Å². The van der Waals surface area contributed by atoms with Crippen LogP contribution in [-0.4, -0.2) is 48.4 Å². The molecule has 0 aliphatic carbocycles. The van der Waals surface area contributed by atoms with E-state index in [0.29, 0.717) is 6.29 Å². The molecule has 2 rings (SSSR count). The van der Waals surface area contributed by atoms with Crippen LogP contribution >= 0.6 is 0 Å². The zero-order valence-corrected chi connectivity index (χ0v) is 15.4. The van der Waals surface area contributed by atoms with Gasteiger partial charge in [-0.05, 0) is 13.8 Å². The average Bonchev–Trinajstić information content (AvgIpc) is 2.65. The Bertz CT molecular complexity index is 1180. The van der Waals surface area contributed by atoms with Gasteiger partial charge in [0.15, 0.2) is 6.29 Å². The third-order valence-corrected chi connectivity index (χ3v) is 3.28. The molecule has 2 aromatic heterocycles. The van der Waals surface area contributed by atoms with Crippen molar-refractivity contribution >= 4 is 24.1 Å². The number of nitrogens with zero attached hydrogens (tertiary/aromatic N) is 3. The minimum absolute atomic E-state index is 0.0233. The standard InChI is InChI=1S/C8H9N3O4.C8H8N2O4/c1-5(12)4-11-6(3-10-15)2-9-7(13)8(11)14;1-5(12)3-10-6(4-11)2-9-7(13)8(10)14/h2-3,15H,4H2,1H3,(H,9,13);2,4H,3H2,1H3,(H,9,13)/b10-3+;. The van der Waals surface area contributed by atoms with Gasteiger partial charge in [-0.1, -0.05) is 5.16 Å². The number of H-pyrrole nitrogens is 2. The van der Waals surface area contributed by atoms with Crippen molar-refractivity contribution in [2.45, 2.75) is 26.9 Å². The van der Waals surface area contributed by atoms with E-state index in [9.17, 15) is 33.6 Å². The van der Waals surface area contributed by atoms with Gasteiger partial charge in [-0.2, -0.15) is 0 Å². The number of Topliss-reactive ketones (excluding diaryl/α,β-unsaturated/α-hetero) is 2. The van der Waals surface area contributed by atoms with Crippen LogP contribution in [0.3, 0.4) is 0 Å². The number of oxime groups is 1. The van der Waals surface area contributed by atoms with Gasteiger partial charge in [0.05, 0.1) is 25.0 Å². The summed E-state index contributed by atoms with van der Waals surface area (Å²) in [7, 11) is 0. The number of aldehydes is 1. The number of hydrogen-bond acceptors (Lipinski definition) is 9. The van der Waals surface area contributed by atoms with E-state index < -0.39 is 22.2 Å². The lowest BCUT2D eigenvalue weighted by Crippen LogP contribution is -2.38. The summed E-state index contributed by atoms with van der Waals surface area (Å²) in [5, 5.41) is 11.0. The lowest BCUT2D eigenvalue weighted by atomic mass is 10.4. The highest BCUT2D eigenvalue weighted by molar-refractivity contribution is 5.79. The summed E-state index contributed by atoms with van der Waals surface area (Å²) in [6, 6.07) is 0. The van der Waals surface area contributed by atoms with Gasteiger partial charge < -0.3 is 15.2 Å². The Morgan fingerprint density at radius 2 is 1.34 bits per heavy atom. The summed E-state index contributed by atoms with van der Waals surface area (Å²) < 4.78 is 1.77. The maximum atomic E-state index is 11.3. The molecule has 0 saturated heterocycles. The van der Waals surface area contributed by atoms with Crippen LogP contribution in [0.5, 0.6) is 0 Å². The highest BCUT2D eigenvalue weighted by atomic mass is 16.4. The van der Waals surface area contributed by atoms with E-state index in [1.54, 1.807) is 0 Å². The fourth-order valence-electron chi connectivity index (χ4n) is 2.07. The molecule has 0 fully saturated rings. The zero-order valence-electron chi connectivity index (χ0n) is 15.4. The molecule has 0 spiro atoms. The van der Waals surface area contributed by atoms with Crippen molar-refractivity contribution in [2.24, 2.45) is 5.16 Å². The predicted molar refractivity (Wildman–Crippen MR) is 98.8 cm³/mol. The van der Waals surface area contributed by atoms with E-state index in [0.717, 1.165) is 21.5 Å². The average molecular weight is 407 g/mol. The van der Waals surface area contributed by atoms with Gasteiger partial charge in [0.25, 0.3) is 0 Å². The van der Waals surface area contributed by atoms with Crippen molar-refractivity contribution in [3.63, 3.8) is 0 Å². The molecule has 3 N–H and O–H groups in total. The van der Waals surface area contributed by atoms with Gasteiger partial charge in [-0.15, -0.1) is 0 Å². The molecule has 29 heavy (non-hydrogen) atoms. The van der Waals surface area contributed by atoms with Gasteiger partial charge in [0.2, 0.25) is 0 Å². The molecule has 2 heterocycles. The first-order valence-corrected chi connectivity index (χ1v) is 7.88. The number of aromatic nitrogens is 4. The predicted octanol–water partition coefficient (Wildman–Crippen LogP) is -2.13. The summed E-state index contributed by atoms with van der Waals surface area (Å²) in [4.78, 5) is 80.7. The zero-order chi connectivity index (χ0) is 22.1. The van der Waals surface area contributed by atoms with Crippen LogP contribution in [0.1, 0.15) is 30.0 Å². The molecule has 0 aliphatic heterocycles. The van der Waals surface area contributed by atoms with Crippen molar-refractivity contribution in [3.05, 3.63) is 65.2 Å². The lowest BCUT2D eigenvalue weighted by molar-refractivity contribution is -0.118. The minimum atomic E-state index is -0.898. The van der Waals surface area contributed by atoms with E-state index in [1.165, 1.54) is 20.0 Å². The second kappa shape index (κ2) is 10.2.